The fraction of sp³-hybridized carbons (Fsp3) is 0.286. The van der Waals surface area contributed by atoms with Crippen molar-refractivity contribution in [1.82, 2.24) is 0 Å². The Morgan fingerprint density at radius 2 is 2.17 bits per heavy atom. The lowest BCUT2D eigenvalue weighted by Crippen LogP contribution is -2.37. The molecule has 0 saturated carbocycles. The number of methoxy groups -OCH3 is 1. The molecule has 0 fully saturated rings. The Morgan fingerprint density at radius 1 is 1.33 bits per heavy atom. The lowest BCUT2D eigenvalue weighted by atomic mass is 10.1. The molecule has 0 radical (unpaired) electrons. The number of ether oxygens (including phenoxy) is 2. The third-order valence-corrected chi connectivity index (χ3v) is 2.67. The molecule has 4 nitrogen and oxygen atoms in total. The van der Waals surface area contributed by atoms with E-state index in [1.807, 2.05) is 36.7 Å². The summed E-state index contributed by atoms with van der Waals surface area (Å²) in [5.74, 6) is 0.598. The van der Waals surface area contributed by atoms with E-state index in [2.05, 4.69) is 0 Å². The molecule has 4 heteroatoms. The minimum atomic E-state index is -0.232. The molecular formula is C14H16NO3+. The molecular weight excluding hydrogens is 230 g/mol. The molecule has 0 N–H and O–H groups in total. The van der Waals surface area contributed by atoms with Crippen molar-refractivity contribution in [3.8, 4) is 5.75 Å². The minimum Gasteiger partial charge on any atom is -0.496 e. The van der Waals surface area contributed by atoms with E-state index in [0.717, 1.165) is 16.5 Å². The number of nitrogens with zero attached hydrogens (tertiary/aromatic N) is 1. The van der Waals surface area contributed by atoms with E-state index < -0.39 is 0 Å². The van der Waals surface area contributed by atoms with Crippen LogP contribution in [0.2, 0.25) is 0 Å². The number of esters is 1. The highest BCUT2D eigenvalue weighted by molar-refractivity contribution is 5.86. The zero-order valence-corrected chi connectivity index (χ0v) is 10.6. The highest BCUT2D eigenvalue weighted by Gasteiger charge is 2.11. The first-order chi connectivity index (χ1) is 8.74. The van der Waals surface area contributed by atoms with Crippen molar-refractivity contribution in [3.05, 3.63) is 36.7 Å². The van der Waals surface area contributed by atoms with Gasteiger partial charge in [-0.05, 0) is 19.1 Å². The van der Waals surface area contributed by atoms with Crippen LogP contribution in [0.1, 0.15) is 6.92 Å². The predicted octanol–water partition coefficient (Wildman–Crippen LogP) is 1.70. The van der Waals surface area contributed by atoms with Crippen LogP contribution in [0.4, 0.5) is 0 Å². The van der Waals surface area contributed by atoms with E-state index in [-0.39, 0.29) is 12.5 Å². The fourth-order valence-corrected chi connectivity index (χ4v) is 1.88. The normalized spacial score (nSPS) is 10.3. The smallest absolute Gasteiger partial charge is 0.372 e. The van der Waals surface area contributed by atoms with Crippen LogP contribution in [0.5, 0.6) is 5.75 Å². The van der Waals surface area contributed by atoms with Gasteiger partial charge in [0.2, 0.25) is 6.54 Å². The first kappa shape index (κ1) is 12.4. The first-order valence-electron chi connectivity index (χ1n) is 5.86. The summed E-state index contributed by atoms with van der Waals surface area (Å²) in [7, 11) is 1.65. The molecule has 0 aliphatic heterocycles. The third-order valence-electron chi connectivity index (χ3n) is 2.67. The molecule has 0 atom stereocenters. The summed E-state index contributed by atoms with van der Waals surface area (Å²) in [6.07, 6.45) is 3.76. The number of aromatic nitrogens is 1. The van der Waals surface area contributed by atoms with Crippen molar-refractivity contribution in [3.63, 3.8) is 0 Å². The number of rotatable bonds is 4. The number of hydrogen-bond acceptors (Lipinski definition) is 3. The van der Waals surface area contributed by atoms with Gasteiger partial charge in [-0.2, -0.15) is 4.57 Å². The van der Waals surface area contributed by atoms with E-state index in [0.29, 0.717) is 6.61 Å². The van der Waals surface area contributed by atoms with Gasteiger partial charge in [0.05, 0.1) is 13.7 Å². The summed E-state index contributed by atoms with van der Waals surface area (Å²) in [5.41, 5.74) is 0. The number of benzene rings is 1. The van der Waals surface area contributed by atoms with Gasteiger partial charge in [-0.1, -0.05) is 6.07 Å². The van der Waals surface area contributed by atoms with Crippen molar-refractivity contribution in [2.45, 2.75) is 13.5 Å². The summed E-state index contributed by atoms with van der Waals surface area (Å²) in [6, 6.07) is 7.76. The second kappa shape index (κ2) is 5.49. The Labute approximate surface area is 106 Å². The maximum atomic E-state index is 11.4. The molecule has 0 aliphatic carbocycles. The second-order valence-corrected chi connectivity index (χ2v) is 3.89. The topological polar surface area (TPSA) is 39.4 Å². The van der Waals surface area contributed by atoms with Crippen molar-refractivity contribution in [2.75, 3.05) is 13.7 Å². The van der Waals surface area contributed by atoms with Gasteiger partial charge >= 0.3 is 5.97 Å². The fourth-order valence-electron chi connectivity index (χ4n) is 1.88. The van der Waals surface area contributed by atoms with E-state index in [4.69, 9.17) is 9.47 Å². The van der Waals surface area contributed by atoms with Gasteiger partial charge in [0, 0.05) is 16.8 Å². The molecule has 0 spiro atoms. The van der Waals surface area contributed by atoms with Gasteiger partial charge in [-0.3, -0.25) is 0 Å². The van der Waals surface area contributed by atoms with Crippen molar-refractivity contribution < 1.29 is 18.8 Å². The van der Waals surface area contributed by atoms with Gasteiger partial charge < -0.3 is 9.47 Å². The highest BCUT2D eigenvalue weighted by atomic mass is 16.5. The summed E-state index contributed by atoms with van der Waals surface area (Å²) >= 11 is 0. The summed E-state index contributed by atoms with van der Waals surface area (Å²) < 4.78 is 12.0. The quantitative estimate of drug-likeness (QED) is 0.609. The van der Waals surface area contributed by atoms with Crippen LogP contribution >= 0.6 is 0 Å². The molecule has 0 amide bonds. The van der Waals surface area contributed by atoms with E-state index in [1.54, 1.807) is 18.6 Å². The molecule has 1 heterocycles. The van der Waals surface area contributed by atoms with Crippen molar-refractivity contribution in [1.29, 1.82) is 0 Å². The van der Waals surface area contributed by atoms with Crippen LogP contribution in [0.25, 0.3) is 10.8 Å². The SMILES string of the molecule is CCOC(=O)C[n+]1ccc2c(OC)cccc2c1. The van der Waals surface area contributed by atoms with Crippen LogP contribution in [-0.2, 0) is 16.1 Å². The Balaban J connectivity index is 2.30. The Hall–Kier alpha value is -2.10. The Morgan fingerprint density at radius 3 is 2.89 bits per heavy atom. The molecule has 0 aliphatic rings. The average Bonchev–Trinajstić information content (AvgIpc) is 2.38. The van der Waals surface area contributed by atoms with Crippen LogP contribution < -0.4 is 9.30 Å². The average molecular weight is 246 g/mol. The first-order valence-corrected chi connectivity index (χ1v) is 5.86. The lowest BCUT2D eigenvalue weighted by molar-refractivity contribution is -0.684. The lowest BCUT2D eigenvalue weighted by Gasteiger charge is -2.04. The van der Waals surface area contributed by atoms with Crippen LogP contribution in [0.15, 0.2) is 36.7 Å². The predicted molar refractivity (Wildman–Crippen MR) is 67.3 cm³/mol. The summed E-state index contributed by atoms with van der Waals surface area (Å²) in [5, 5.41) is 2.06. The van der Waals surface area contributed by atoms with Gasteiger partial charge in [-0.25, -0.2) is 4.79 Å². The summed E-state index contributed by atoms with van der Waals surface area (Å²) in [6.45, 7) is 2.43. The maximum absolute atomic E-state index is 11.4. The number of fused-ring (bicyclic) bond motifs is 1. The van der Waals surface area contributed by atoms with Gasteiger partial charge in [0.1, 0.15) is 5.75 Å². The van der Waals surface area contributed by atoms with Crippen molar-refractivity contribution in [2.24, 2.45) is 0 Å². The van der Waals surface area contributed by atoms with Gasteiger partial charge in [0.25, 0.3) is 0 Å². The Bertz CT molecular complexity index is 566. The van der Waals surface area contributed by atoms with Crippen molar-refractivity contribution >= 4 is 16.7 Å². The molecule has 94 valence electrons. The number of carbonyl (C=O) groups excluding carboxylic acids is 1. The molecule has 1 aromatic heterocycles. The standard InChI is InChI=1S/C14H16NO3/c1-3-18-14(16)10-15-8-7-12-11(9-15)5-4-6-13(12)17-2/h4-9H,3,10H2,1-2H3/q+1. The highest BCUT2D eigenvalue weighted by Crippen LogP contribution is 2.23. The van der Waals surface area contributed by atoms with E-state index in [1.165, 1.54) is 0 Å². The number of carbonyl (C=O) groups is 1. The van der Waals surface area contributed by atoms with Gasteiger partial charge in [-0.15, -0.1) is 0 Å². The third kappa shape index (κ3) is 2.59. The Kier molecular flexibility index (Phi) is 3.77. The molecule has 0 unspecified atom stereocenters. The van der Waals surface area contributed by atoms with Gasteiger partial charge in [0.15, 0.2) is 12.4 Å². The van der Waals surface area contributed by atoms with E-state index >= 15 is 0 Å². The number of pyridine rings is 1. The summed E-state index contributed by atoms with van der Waals surface area (Å²) in [4.78, 5) is 11.4. The zero-order chi connectivity index (χ0) is 13.0. The van der Waals surface area contributed by atoms with Crippen LogP contribution in [0, 0.1) is 0 Å². The number of hydrogen-bond donors (Lipinski definition) is 0. The second-order valence-electron chi connectivity index (χ2n) is 3.89. The molecule has 18 heavy (non-hydrogen) atoms. The molecule has 2 rings (SSSR count). The van der Waals surface area contributed by atoms with Crippen LogP contribution in [-0.4, -0.2) is 19.7 Å². The molecule has 0 bridgehead atoms. The van der Waals surface area contributed by atoms with Crippen LogP contribution in [0.3, 0.4) is 0 Å². The maximum Gasteiger partial charge on any atom is 0.372 e. The molecule has 1 aromatic carbocycles. The molecule has 2 aromatic rings. The van der Waals surface area contributed by atoms with E-state index in [9.17, 15) is 4.79 Å². The minimum absolute atomic E-state index is 0.223. The zero-order valence-electron chi connectivity index (χ0n) is 10.6. The largest absolute Gasteiger partial charge is 0.496 e. The molecule has 0 saturated heterocycles. The monoisotopic (exact) mass is 246 g/mol.